The minimum absolute atomic E-state index is 0.183. The van der Waals surface area contributed by atoms with Crippen LogP contribution < -0.4 is 0 Å². The highest BCUT2D eigenvalue weighted by Crippen LogP contribution is 2.58. The Kier molecular flexibility index (Phi) is 7.81. The van der Waals surface area contributed by atoms with Crippen molar-refractivity contribution in [2.24, 2.45) is 0 Å². The molecule has 0 amide bonds. The molecular weight excluding hydrogens is 795 g/mol. The molecule has 0 radical (unpaired) electrons. The summed E-state index contributed by atoms with van der Waals surface area (Å²) in [6.07, 6.45) is 0. The van der Waals surface area contributed by atoms with E-state index in [2.05, 4.69) is 243 Å². The van der Waals surface area contributed by atoms with Gasteiger partial charge in [-0.05, 0) is 146 Å². The smallest absolute Gasteiger partial charge is 0.0541 e. The molecule has 0 bridgehead atoms. The third-order valence-electron chi connectivity index (χ3n) is 14.9. The van der Waals surface area contributed by atoms with Gasteiger partial charge in [-0.15, -0.1) is 0 Å². The van der Waals surface area contributed by atoms with Gasteiger partial charge < -0.3 is 4.57 Å². The van der Waals surface area contributed by atoms with Crippen LogP contribution in [0.15, 0.2) is 224 Å². The van der Waals surface area contributed by atoms with Gasteiger partial charge in [0.2, 0.25) is 0 Å². The van der Waals surface area contributed by atoms with Gasteiger partial charge in [0.1, 0.15) is 0 Å². The zero-order valence-electron chi connectivity index (χ0n) is 36.8. The molecule has 0 aliphatic heterocycles. The molecule has 0 unspecified atom stereocenters. The lowest BCUT2D eigenvalue weighted by atomic mass is 9.77. The standard InChI is InChI=1S/C65H43N/c1-65(2)63-53-29-14-8-22-46(53)55(39-57(63)62-48-24-9-6-20-44(48)45-21-7-15-30-54(45)64(62)65)40-32-34-41(35-33-40)60-49-25-10-12-27-51(49)61(52-28-13-11-26-50(52)60)42-36-37-59-56(38-42)47-23-16-17-31-58(47)66(59)43-18-4-3-5-19-43/h3-39H,1-2H3. The number of hydrogen-bond acceptors (Lipinski definition) is 0. The SMILES string of the molecule is CC1(C)c2c(cc(-c3ccc(-c4c5ccccc5c(-c5ccc6c(c5)c5ccccc5n6-c5ccccc5)c5ccccc45)cc3)c3ccccc23)-c2c1c1ccccc1c1ccccc21. The Balaban J connectivity index is 0.954. The fourth-order valence-electron chi connectivity index (χ4n) is 12.2. The number of aromatic nitrogens is 1. The van der Waals surface area contributed by atoms with E-state index < -0.39 is 0 Å². The van der Waals surface area contributed by atoms with E-state index in [1.807, 2.05) is 0 Å². The second kappa shape index (κ2) is 13.9. The molecule has 0 fully saturated rings. The molecule has 1 heteroatoms. The molecule has 1 nitrogen and oxygen atoms in total. The van der Waals surface area contributed by atoms with Crippen LogP contribution in [0.4, 0.5) is 0 Å². The van der Waals surface area contributed by atoms with Crippen molar-refractivity contribution in [3.63, 3.8) is 0 Å². The monoisotopic (exact) mass is 837 g/mol. The van der Waals surface area contributed by atoms with Crippen molar-refractivity contribution in [2.75, 3.05) is 0 Å². The first kappa shape index (κ1) is 37.1. The van der Waals surface area contributed by atoms with Gasteiger partial charge in [0.25, 0.3) is 0 Å². The van der Waals surface area contributed by atoms with Crippen molar-refractivity contribution >= 4 is 75.7 Å². The van der Waals surface area contributed by atoms with Crippen LogP contribution in [0.25, 0.3) is 126 Å². The largest absolute Gasteiger partial charge is 0.309 e. The maximum atomic E-state index is 2.51. The van der Waals surface area contributed by atoms with E-state index in [9.17, 15) is 0 Å². The van der Waals surface area contributed by atoms with E-state index in [0.29, 0.717) is 0 Å². The summed E-state index contributed by atoms with van der Waals surface area (Å²) < 4.78 is 2.40. The molecule has 0 N–H and O–H groups in total. The maximum absolute atomic E-state index is 2.51. The Morgan fingerprint density at radius 2 is 0.697 bits per heavy atom. The fraction of sp³-hybridized carbons (Fsp3) is 0.0462. The van der Waals surface area contributed by atoms with Crippen LogP contribution in [-0.2, 0) is 5.41 Å². The second-order valence-electron chi connectivity index (χ2n) is 18.7. The average Bonchev–Trinajstić information content (AvgIpc) is 3.83. The first-order valence-electron chi connectivity index (χ1n) is 23.2. The van der Waals surface area contributed by atoms with E-state index in [0.717, 1.165) is 0 Å². The number of fused-ring (bicyclic) bond motifs is 15. The van der Waals surface area contributed by atoms with Gasteiger partial charge in [-0.3, -0.25) is 0 Å². The molecule has 12 aromatic carbocycles. The number of benzene rings is 12. The van der Waals surface area contributed by atoms with Gasteiger partial charge in [0.05, 0.1) is 11.0 Å². The highest BCUT2D eigenvalue weighted by atomic mass is 15.0. The zero-order valence-corrected chi connectivity index (χ0v) is 36.8. The summed E-state index contributed by atoms with van der Waals surface area (Å²) >= 11 is 0. The van der Waals surface area contributed by atoms with Crippen LogP contribution in [0.5, 0.6) is 0 Å². The van der Waals surface area contributed by atoms with E-state index in [1.165, 1.54) is 137 Å². The molecule has 1 aliphatic carbocycles. The molecule has 1 aromatic heterocycles. The third-order valence-corrected chi connectivity index (χ3v) is 14.9. The first-order valence-corrected chi connectivity index (χ1v) is 23.2. The molecule has 0 saturated heterocycles. The van der Waals surface area contributed by atoms with Crippen molar-refractivity contribution in [2.45, 2.75) is 19.3 Å². The van der Waals surface area contributed by atoms with Gasteiger partial charge in [0.15, 0.2) is 0 Å². The van der Waals surface area contributed by atoms with Crippen LogP contribution in [-0.4, -0.2) is 4.57 Å². The zero-order chi connectivity index (χ0) is 43.7. The third kappa shape index (κ3) is 5.11. The minimum Gasteiger partial charge on any atom is -0.309 e. The van der Waals surface area contributed by atoms with Crippen LogP contribution in [0.3, 0.4) is 0 Å². The highest BCUT2D eigenvalue weighted by molar-refractivity contribution is 6.23. The molecule has 0 saturated carbocycles. The Morgan fingerprint density at radius 3 is 1.32 bits per heavy atom. The molecule has 0 atom stereocenters. The number of nitrogens with zero attached hydrogens (tertiary/aromatic N) is 1. The Hall–Kier alpha value is -8.26. The van der Waals surface area contributed by atoms with Gasteiger partial charge in [0, 0.05) is 21.9 Å². The minimum atomic E-state index is -0.183. The maximum Gasteiger partial charge on any atom is 0.0541 e. The predicted octanol–water partition coefficient (Wildman–Crippen LogP) is 17.9. The van der Waals surface area contributed by atoms with E-state index in [1.54, 1.807) is 0 Å². The van der Waals surface area contributed by atoms with Crippen LogP contribution in [0, 0.1) is 0 Å². The van der Waals surface area contributed by atoms with Crippen LogP contribution in [0.2, 0.25) is 0 Å². The second-order valence-corrected chi connectivity index (χ2v) is 18.7. The summed E-state index contributed by atoms with van der Waals surface area (Å²) in [4.78, 5) is 0. The quantitative estimate of drug-likeness (QED) is 0.123. The lowest BCUT2D eigenvalue weighted by Crippen LogP contribution is -2.16. The van der Waals surface area contributed by atoms with Crippen molar-refractivity contribution in [3.05, 3.63) is 236 Å². The lowest BCUT2D eigenvalue weighted by molar-refractivity contribution is 0.672. The summed E-state index contributed by atoms with van der Waals surface area (Å²) in [6, 6.07) is 83.7. The number of rotatable bonds is 4. The van der Waals surface area contributed by atoms with Crippen LogP contribution in [0.1, 0.15) is 25.0 Å². The van der Waals surface area contributed by atoms with Gasteiger partial charge in [-0.2, -0.15) is 0 Å². The Morgan fingerprint density at radius 1 is 0.273 bits per heavy atom. The van der Waals surface area contributed by atoms with Crippen molar-refractivity contribution in [1.29, 1.82) is 0 Å². The Labute approximate surface area is 383 Å². The normalized spacial score (nSPS) is 13.1. The molecule has 14 rings (SSSR count). The van der Waals surface area contributed by atoms with Crippen molar-refractivity contribution in [3.8, 4) is 50.2 Å². The highest BCUT2D eigenvalue weighted by Gasteiger charge is 2.40. The summed E-state index contributed by atoms with van der Waals surface area (Å²) in [7, 11) is 0. The van der Waals surface area contributed by atoms with E-state index in [-0.39, 0.29) is 5.41 Å². The summed E-state index contributed by atoms with van der Waals surface area (Å²) in [5.41, 5.74) is 16.5. The van der Waals surface area contributed by atoms with Crippen LogP contribution >= 0.6 is 0 Å². The van der Waals surface area contributed by atoms with Gasteiger partial charge in [-0.25, -0.2) is 0 Å². The first-order chi connectivity index (χ1) is 32.5. The molecule has 308 valence electrons. The Bertz CT molecular complexity index is 4110. The van der Waals surface area contributed by atoms with Crippen molar-refractivity contribution < 1.29 is 0 Å². The summed E-state index contributed by atoms with van der Waals surface area (Å²) in [6.45, 7) is 4.87. The molecule has 1 heterocycles. The van der Waals surface area contributed by atoms with Gasteiger partial charge in [-0.1, -0.05) is 202 Å². The van der Waals surface area contributed by atoms with Gasteiger partial charge >= 0.3 is 0 Å². The molecular formula is C65H43N. The average molecular weight is 838 g/mol. The topological polar surface area (TPSA) is 4.93 Å². The number of para-hydroxylation sites is 2. The summed E-state index contributed by atoms with van der Waals surface area (Å²) in [5.74, 6) is 0. The van der Waals surface area contributed by atoms with E-state index >= 15 is 0 Å². The van der Waals surface area contributed by atoms with Crippen molar-refractivity contribution in [1.82, 2.24) is 4.57 Å². The number of hydrogen-bond donors (Lipinski definition) is 0. The fourth-order valence-corrected chi connectivity index (χ4v) is 12.2. The molecule has 1 aliphatic rings. The summed E-state index contributed by atoms with van der Waals surface area (Å²) in [5, 5.41) is 15.5. The lowest BCUT2D eigenvalue weighted by Gasteiger charge is -2.25. The predicted molar refractivity (Wildman–Crippen MR) is 282 cm³/mol. The molecule has 66 heavy (non-hydrogen) atoms. The van der Waals surface area contributed by atoms with E-state index in [4.69, 9.17) is 0 Å². The molecule has 0 spiro atoms. The molecule has 13 aromatic rings.